The van der Waals surface area contributed by atoms with E-state index < -0.39 is 0 Å². The van der Waals surface area contributed by atoms with Crippen molar-refractivity contribution in [2.24, 2.45) is 0 Å². The Balaban J connectivity index is 1.62. The topological polar surface area (TPSA) is 21.3 Å². The summed E-state index contributed by atoms with van der Waals surface area (Å²) in [6.45, 7) is 2.31. The van der Waals surface area contributed by atoms with Crippen molar-refractivity contribution >= 4 is 11.8 Å². The maximum atomic E-state index is 5.86. The Morgan fingerprint density at radius 3 is 2.35 bits per heavy atom. The van der Waals surface area contributed by atoms with Crippen LogP contribution in [0.2, 0.25) is 0 Å². The third-order valence-electron chi connectivity index (χ3n) is 3.60. The van der Waals surface area contributed by atoms with Crippen LogP contribution in [0.5, 0.6) is 5.75 Å². The van der Waals surface area contributed by atoms with E-state index in [-0.39, 0.29) is 0 Å². The lowest BCUT2D eigenvalue weighted by Gasteiger charge is -2.26. The van der Waals surface area contributed by atoms with Crippen molar-refractivity contribution in [1.29, 1.82) is 0 Å². The molecule has 1 N–H and O–H groups in total. The van der Waals surface area contributed by atoms with Gasteiger partial charge >= 0.3 is 0 Å². The standard InChI is InChI=1S/C14H19NOS/c1-3-13(16-14-9-17-10-14)4-2-11(1)12-5-7-15-8-6-12/h1-4,12,14-15H,5-10H2. The van der Waals surface area contributed by atoms with Crippen LogP contribution >= 0.6 is 11.8 Å². The SMILES string of the molecule is c1cc(C2CCNCC2)ccc1OC1CSC1. The molecule has 3 heteroatoms. The van der Waals surface area contributed by atoms with Crippen LogP contribution in [0, 0.1) is 0 Å². The summed E-state index contributed by atoms with van der Waals surface area (Å²) in [6, 6.07) is 8.77. The number of hydrogen-bond acceptors (Lipinski definition) is 3. The first-order chi connectivity index (χ1) is 8.42. The van der Waals surface area contributed by atoms with Gasteiger partial charge in [-0.05, 0) is 49.5 Å². The van der Waals surface area contributed by atoms with Crippen LogP contribution in [0.4, 0.5) is 0 Å². The molecule has 2 aliphatic heterocycles. The maximum Gasteiger partial charge on any atom is 0.119 e. The number of rotatable bonds is 3. The van der Waals surface area contributed by atoms with Gasteiger partial charge in [0.2, 0.25) is 0 Å². The average molecular weight is 249 g/mol. The Morgan fingerprint density at radius 1 is 1.06 bits per heavy atom. The van der Waals surface area contributed by atoms with Crippen LogP contribution in [0.3, 0.4) is 0 Å². The van der Waals surface area contributed by atoms with E-state index >= 15 is 0 Å². The lowest BCUT2D eigenvalue weighted by Crippen LogP contribution is -2.31. The maximum absolute atomic E-state index is 5.86. The normalized spacial score (nSPS) is 22.1. The molecular weight excluding hydrogens is 230 g/mol. The van der Waals surface area contributed by atoms with Crippen LogP contribution in [0.1, 0.15) is 24.3 Å². The first-order valence-electron chi connectivity index (χ1n) is 6.47. The number of benzene rings is 1. The molecule has 3 rings (SSSR count). The highest BCUT2D eigenvalue weighted by Gasteiger charge is 2.20. The fourth-order valence-corrected chi connectivity index (χ4v) is 3.01. The van der Waals surface area contributed by atoms with Crippen LogP contribution in [0.15, 0.2) is 24.3 Å². The number of thioether (sulfide) groups is 1. The fraction of sp³-hybridized carbons (Fsp3) is 0.571. The van der Waals surface area contributed by atoms with Gasteiger partial charge in [0.25, 0.3) is 0 Å². The molecule has 0 amide bonds. The summed E-state index contributed by atoms with van der Waals surface area (Å²) in [4.78, 5) is 0. The van der Waals surface area contributed by atoms with Crippen LogP contribution in [-0.4, -0.2) is 30.7 Å². The van der Waals surface area contributed by atoms with E-state index in [2.05, 4.69) is 29.6 Å². The number of piperidine rings is 1. The van der Waals surface area contributed by atoms with Gasteiger partial charge in [0, 0.05) is 11.5 Å². The summed E-state index contributed by atoms with van der Waals surface area (Å²) in [7, 11) is 0. The number of nitrogens with one attached hydrogen (secondary N) is 1. The zero-order valence-corrected chi connectivity index (χ0v) is 10.8. The quantitative estimate of drug-likeness (QED) is 0.890. The molecule has 1 aromatic rings. The first-order valence-corrected chi connectivity index (χ1v) is 7.62. The average Bonchev–Trinajstić information content (AvgIpc) is 2.36. The third kappa shape index (κ3) is 2.78. The number of hydrogen-bond donors (Lipinski definition) is 1. The second-order valence-corrected chi connectivity index (χ2v) is 5.95. The molecule has 0 radical (unpaired) electrons. The predicted molar refractivity (Wildman–Crippen MR) is 73.0 cm³/mol. The predicted octanol–water partition coefficient (Wildman–Crippen LogP) is 2.65. The fourth-order valence-electron chi connectivity index (χ4n) is 2.45. The van der Waals surface area contributed by atoms with E-state index in [9.17, 15) is 0 Å². The Hall–Kier alpha value is -0.670. The Morgan fingerprint density at radius 2 is 1.76 bits per heavy atom. The molecule has 0 aliphatic carbocycles. The Labute approximate surface area is 107 Å². The van der Waals surface area contributed by atoms with Crippen LogP contribution < -0.4 is 10.1 Å². The lowest BCUT2D eigenvalue weighted by atomic mass is 9.90. The Kier molecular flexibility index (Phi) is 3.57. The van der Waals surface area contributed by atoms with Crippen molar-refractivity contribution in [2.45, 2.75) is 24.9 Å². The summed E-state index contributed by atoms with van der Waals surface area (Å²) >= 11 is 1.96. The van der Waals surface area contributed by atoms with E-state index in [0.717, 1.165) is 36.3 Å². The molecule has 2 nitrogen and oxygen atoms in total. The highest BCUT2D eigenvalue weighted by atomic mass is 32.2. The van der Waals surface area contributed by atoms with Crippen molar-refractivity contribution in [3.8, 4) is 5.75 Å². The van der Waals surface area contributed by atoms with Gasteiger partial charge in [-0.2, -0.15) is 11.8 Å². The molecule has 2 heterocycles. The summed E-state index contributed by atoms with van der Waals surface area (Å²) in [5, 5.41) is 3.41. The molecule has 92 valence electrons. The van der Waals surface area contributed by atoms with Crippen molar-refractivity contribution in [3.63, 3.8) is 0 Å². The summed E-state index contributed by atoms with van der Waals surface area (Å²) < 4.78 is 5.86. The van der Waals surface area contributed by atoms with E-state index in [1.54, 1.807) is 0 Å². The molecule has 0 saturated carbocycles. The lowest BCUT2D eigenvalue weighted by molar-refractivity contribution is 0.240. The van der Waals surface area contributed by atoms with Gasteiger partial charge in [0.15, 0.2) is 0 Å². The Bertz CT molecular complexity index is 355. The molecule has 0 atom stereocenters. The van der Waals surface area contributed by atoms with E-state index in [4.69, 9.17) is 4.74 Å². The summed E-state index contributed by atoms with van der Waals surface area (Å²) in [5.41, 5.74) is 1.47. The highest BCUT2D eigenvalue weighted by Crippen LogP contribution is 2.28. The zero-order chi connectivity index (χ0) is 11.5. The van der Waals surface area contributed by atoms with Crippen molar-refractivity contribution in [2.75, 3.05) is 24.6 Å². The molecule has 0 bridgehead atoms. The summed E-state index contributed by atoms with van der Waals surface area (Å²) in [6.07, 6.45) is 2.98. The minimum atomic E-state index is 0.449. The number of ether oxygens (including phenoxy) is 1. The van der Waals surface area contributed by atoms with Gasteiger partial charge in [-0.1, -0.05) is 12.1 Å². The molecule has 2 fully saturated rings. The molecule has 0 aromatic heterocycles. The van der Waals surface area contributed by atoms with Gasteiger partial charge in [-0.3, -0.25) is 0 Å². The molecule has 0 spiro atoms. The van der Waals surface area contributed by atoms with Crippen LogP contribution in [-0.2, 0) is 0 Å². The van der Waals surface area contributed by atoms with Gasteiger partial charge < -0.3 is 10.1 Å². The molecule has 2 saturated heterocycles. The van der Waals surface area contributed by atoms with Gasteiger partial charge in [-0.25, -0.2) is 0 Å². The molecule has 17 heavy (non-hydrogen) atoms. The van der Waals surface area contributed by atoms with Crippen molar-refractivity contribution < 1.29 is 4.74 Å². The summed E-state index contributed by atoms with van der Waals surface area (Å²) in [5.74, 6) is 4.07. The third-order valence-corrected chi connectivity index (χ3v) is 4.82. The second-order valence-electron chi connectivity index (χ2n) is 4.87. The highest BCUT2D eigenvalue weighted by molar-refractivity contribution is 8.00. The first kappa shape index (κ1) is 11.4. The smallest absolute Gasteiger partial charge is 0.119 e. The second kappa shape index (κ2) is 5.32. The van der Waals surface area contributed by atoms with E-state index in [1.165, 1.54) is 18.4 Å². The van der Waals surface area contributed by atoms with Crippen molar-refractivity contribution in [1.82, 2.24) is 5.32 Å². The van der Waals surface area contributed by atoms with Gasteiger partial charge in [-0.15, -0.1) is 0 Å². The molecule has 0 unspecified atom stereocenters. The molecule has 1 aromatic carbocycles. The van der Waals surface area contributed by atoms with E-state index in [1.807, 2.05) is 11.8 Å². The minimum absolute atomic E-state index is 0.449. The van der Waals surface area contributed by atoms with Crippen molar-refractivity contribution in [3.05, 3.63) is 29.8 Å². The molecule has 2 aliphatic rings. The largest absolute Gasteiger partial charge is 0.489 e. The van der Waals surface area contributed by atoms with Gasteiger partial charge in [0.1, 0.15) is 11.9 Å². The zero-order valence-electron chi connectivity index (χ0n) is 10.0. The minimum Gasteiger partial charge on any atom is -0.489 e. The monoisotopic (exact) mass is 249 g/mol. The van der Waals surface area contributed by atoms with Gasteiger partial charge in [0.05, 0.1) is 0 Å². The molecular formula is C14H19NOS. The van der Waals surface area contributed by atoms with E-state index in [0.29, 0.717) is 6.10 Å². The van der Waals surface area contributed by atoms with Crippen LogP contribution in [0.25, 0.3) is 0 Å².